The quantitative estimate of drug-likeness (QED) is 0.324. The predicted octanol–water partition coefficient (Wildman–Crippen LogP) is 3.94. The van der Waals surface area contributed by atoms with E-state index < -0.39 is 0 Å². The van der Waals surface area contributed by atoms with Crippen LogP contribution in [-0.2, 0) is 11.3 Å². The molecule has 0 aliphatic rings. The summed E-state index contributed by atoms with van der Waals surface area (Å²) in [7, 11) is 1.61. The summed E-state index contributed by atoms with van der Waals surface area (Å²) in [5.74, 6) is 1.96. The van der Waals surface area contributed by atoms with E-state index in [1.807, 2.05) is 48.5 Å². The number of carbonyl (C=O) groups is 1. The number of nitrogens with zero attached hydrogens (tertiary/aromatic N) is 3. The molecule has 29 heavy (non-hydrogen) atoms. The van der Waals surface area contributed by atoms with Crippen molar-refractivity contribution in [1.82, 2.24) is 15.0 Å². The van der Waals surface area contributed by atoms with Crippen molar-refractivity contribution in [3.63, 3.8) is 0 Å². The Balaban J connectivity index is 1.63. The number of carbonyl (C=O) groups excluding carboxylic acids is 1. The molecule has 0 saturated carbocycles. The van der Waals surface area contributed by atoms with Crippen molar-refractivity contribution < 1.29 is 18.8 Å². The van der Waals surface area contributed by atoms with E-state index in [4.69, 9.17) is 14.0 Å². The maximum atomic E-state index is 12.6. The van der Waals surface area contributed by atoms with Crippen molar-refractivity contribution in [2.45, 2.75) is 6.54 Å². The van der Waals surface area contributed by atoms with Crippen molar-refractivity contribution in [3.8, 4) is 22.9 Å². The third-order valence-corrected chi connectivity index (χ3v) is 4.74. The van der Waals surface area contributed by atoms with Gasteiger partial charge in [0.25, 0.3) is 5.91 Å². The molecule has 0 aliphatic carbocycles. The Hall–Kier alpha value is -2.88. The minimum atomic E-state index is -0.201. The van der Waals surface area contributed by atoms with Crippen LogP contribution < -0.4 is 9.47 Å². The third-order valence-electron chi connectivity index (χ3n) is 4.02. The molecule has 0 fully saturated rings. The second-order valence-electron chi connectivity index (χ2n) is 6.05. The first-order chi connectivity index (χ1) is 14.1. The smallest absolute Gasteiger partial charge is 0.261 e. The van der Waals surface area contributed by atoms with E-state index in [0.29, 0.717) is 24.0 Å². The zero-order valence-corrected chi connectivity index (χ0v) is 18.0. The summed E-state index contributed by atoms with van der Waals surface area (Å²) in [6.07, 6.45) is 1.64. The first-order valence-electron chi connectivity index (χ1n) is 8.83. The SMILES string of the molecule is C=CCN(Cc1nc(-c2ccc(OC)cc2)no1)C(=O)COc1ccc(I)cc1. The number of ether oxygens (including phenoxy) is 2. The summed E-state index contributed by atoms with van der Waals surface area (Å²) < 4.78 is 17.1. The molecular weight excluding hydrogens is 485 g/mol. The van der Waals surface area contributed by atoms with Gasteiger partial charge < -0.3 is 18.9 Å². The molecule has 1 amide bonds. The maximum absolute atomic E-state index is 12.6. The average Bonchev–Trinajstić information content (AvgIpc) is 3.21. The molecule has 0 radical (unpaired) electrons. The summed E-state index contributed by atoms with van der Waals surface area (Å²) in [6.45, 7) is 4.13. The van der Waals surface area contributed by atoms with Crippen LogP contribution in [0.25, 0.3) is 11.4 Å². The van der Waals surface area contributed by atoms with Crippen molar-refractivity contribution in [2.75, 3.05) is 20.3 Å². The second-order valence-corrected chi connectivity index (χ2v) is 7.29. The molecule has 7 nitrogen and oxygen atoms in total. The standard InChI is InChI=1S/C21H20IN3O4/c1-3-12-25(20(26)14-28-18-10-6-16(22)7-11-18)13-19-23-21(24-29-19)15-4-8-17(27-2)9-5-15/h3-11H,1,12-14H2,2H3. The number of benzene rings is 2. The first-order valence-corrected chi connectivity index (χ1v) is 9.91. The fourth-order valence-corrected chi connectivity index (χ4v) is 2.88. The zero-order chi connectivity index (χ0) is 20.6. The van der Waals surface area contributed by atoms with Gasteiger partial charge in [-0.3, -0.25) is 4.79 Å². The zero-order valence-electron chi connectivity index (χ0n) is 15.9. The summed E-state index contributed by atoms with van der Waals surface area (Å²) in [4.78, 5) is 18.5. The molecule has 0 aliphatic heterocycles. The molecule has 0 unspecified atom stereocenters. The van der Waals surface area contributed by atoms with Gasteiger partial charge in [-0.05, 0) is 71.1 Å². The Bertz CT molecular complexity index is 955. The minimum Gasteiger partial charge on any atom is -0.497 e. The number of rotatable bonds is 9. The molecule has 0 N–H and O–H groups in total. The van der Waals surface area contributed by atoms with Crippen LogP contribution in [0, 0.1) is 3.57 Å². The molecule has 3 aromatic rings. The van der Waals surface area contributed by atoms with Gasteiger partial charge in [-0.25, -0.2) is 0 Å². The molecule has 150 valence electrons. The lowest BCUT2D eigenvalue weighted by atomic mass is 10.2. The number of hydrogen-bond donors (Lipinski definition) is 0. The average molecular weight is 505 g/mol. The molecule has 1 heterocycles. The number of hydrogen-bond acceptors (Lipinski definition) is 6. The molecule has 0 spiro atoms. The highest BCUT2D eigenvalue weighted by atomic mass is 127. The summed E-state index contributed by atoms with van der Waals surface area (Å²) in [5.41, 5.74) is 0.796. The van der Waals surface area contributed by atoms with Crippen LogP contribution in [0.1, 0.15) is 5.89 Å². The van der Waals surface area contributed by atoms with E-state index in [1.54, 1.807) is 18.1 Å². The molecule has 0 atom stereocenters. The number of methoxy groups -OCH3 is 1. The van der Waals surface area contributed by atoms with Crippen LogP contribution in [0.5, 0.6) is 11.5 Å². The molecule has 0 bridgehead atoms. The molecular formula is C21H20IN3O4. The van der Waals surface area contributed by atoms with E-state index >= 15 is 0 Å². The van der Waals surface area contributed by atoms with E-state index in [1.165, 1.54) is 0 Å². The molecule has 8 heteroatoms. The van der Waals surface area contributed by atoms with Crippen molar-refractivity contribution in [2.24, 2.45) is 0 Å². The minimum absolute atomic E-state index is 0.0894. The van der Waals surface area contributed by atoms with E-state index in [0.717, 1.165) is 14.9 Å². The lowest BCUT2D eigenvalue weighted by molar-refractivity contribution is -0.133. The van der Waals surface area contributed by atoms with Crippen LogP contribution in [0.4, 0.5) is 0 Å². The van der Waals surface area contributed by atoms with E-state index in [2.05, 4.69) is 39.3 Å². The maximum Gasteiger partial charge on any atom is 0.261 e. The van der Waals surface area contributed by atoms with Crippen molar-refractivity contribution in [3.05, 3.63) is 70.6 Å². The number of halogens is 1. The van der Waals surface area contributed by atoms with Gasteiger partial charge in [0.15, 0.2) is 6.61 Å². The summed E-state index contributed by atoms with van der Waals surface area (Å²) in [5, 5.41) is 3.99. The van der Waals surface area contributed by atoms with Crippen LogP contribution in [0.15, 0.2) is 65.7 Å². The molecule has 0 saturated heterocycles. The van der Waals surface area contributed by atoms with Crippen LogP contribution in [0.3, 0.4) is 0 Å². The Kier molecular flexibility index (Phi) is 7.23. The molecule has 1 aromatic heterocycles. The van der Waals surface area contributed by atoms with Gasteiger partial charge in [-0.2, -0.15) is 4.98 Å². The highest BCUT2D eigenvalue weighted by molar-refractivity contribution is 14.1. The fraction of sp³-hybridized carbons (Fsp3) is 0.190. The van der Waals surface area contributed by atoms with Gasteiger partial charge in [-0.1, -0.05) is 11.2 Å². The monoisotopic (exact) mass is 505 g/mol. The van der Waals surface area contributed by atoms with Crippen molar-refractivity contribution >= 4 is 28.5 Å². The lowest BCUT2D eigenvalue weighted by Crippen LogP contribution is -2.34. The Morgan fingerprint density at radius 2 is 1.86 bits per heavy atom. The van der Waals surface area contributed by atoms with Gasteiger partial charge in [0.2, 0.25) is 11.7 Å². The lowest BCUT2D eigenvalue weighted by Gasteiger charge is -2.19. The Labute approximate surface area is 182 Å². The summed E-state index contributed by atoms with van der Waals surface area (Å²) >= 11 is 2.21. The van der Waals surface area contributed by atoms with E-state index in [9.17, 15) is 4.79 Å². The predicted molar refractivity (Wildman–Crippen MR) is 117 cm³/mol. The van der Waals surface area contributed by atoms with Crippen LogP contribution >= 0.6 is 22.6 Å². The highest BCUT2D eigenvalue weighted by Gasteiger charge is 2.18. The normalized spacial score (nSPS) is 10.4. The van der Waals surface area contributed by atoms with Gasteiger partial charge in [-0.15, -0.1) is 6.58 Å². The van der Waals surface area contributed by atoms with Crippen molar-refractivity contribution in [1.29, 1.82) is 0 Å². The van der Waals surface area contributed by atoms with Gasteiger partial charge in [0, 0.05) is 15.7 Å². The molecule has 3 rings (SSSR count). The van der Waals surface area contributed by atoms with Gasteiger partial charge >= 0.3 is 0 Å². The summed E-state index contributed by atoms with van der Waals surface area (Å²) in [6, 6.07) is 14.8. The first kappa shape index (κ1) is 20.8. The van der Waals surface area contributed by atoms with E-state index in [-0.39, 0.29) is 19.1 Å². The second kappa shape index (κ2) is 10.1. The van der Waals surface area contributed by atoms with Gasteiger partial charge in [0.05, 0.1) is 7.11 Å². The Morgan fingerprint density at radius 1 is 1.17 bits per heavy atom. The fourth-order valence-electron chi connectivity index (χ4n) is 2.52. The van der Waals surface area contributed by atoms with Crippen LogP contribution in [0.2, 0.25) is 0 Å². The number of amides is 1. The molecule has 2 aromatic carbocycles. The highest BCUT2D eigenvalue weighted by Crippen LogP contribution is 2.20. The van der Waals surface area contributed by atoms with Crippen LogP contribution in [-0.4, -0.2) is 41.2 Å². The largest absolute Gasteiger partial charge is 0.497 e. The number of aromatic nitrogens is 2. The van der Waals surface area contributed by atoms with Gasteiger partial charge in [0.1, 0.15) is 18.0 Å². The third kappa shape index (κ3) is 5.80. The Morgan fingerprint density at radius 3 is 2.52 bits per heavy atom. The topological polar surface area (TPSA) is 77.7 Å².